The normalized spacial score (nSPS) is 28.6. The van der Waals surface area contributed by atoms with Crippen LogP contribution in [0.5, 0.6) is 0 Å². The minimum Gasteiger partial charge on any atom is -0.480 e. The van der Waals surface area contributed by atoms with E-state index in [1.165, 1.54) is 32.1 Å². The summed E-state index contributed by atoms with van der Waals surface area (Å²) in [6.45, 7) is 6.02. The number of ether oxygens (including phenoxy) is 1. The molecule has 2 aliphatic carbocycles. The van der Waals surface area contributed by atoms with E-state index >= 15 is 0 Å². The molecule has 0 amide bonds. The molecule has 0 aliphatic heterocycles. The van der Waals surface area contributed by atoms with Crippen LogP contribution < -0.4 is 0 Å². The van der Waals surface area contributed by atoms with Gasteiger partial charge in [0.2, 0.25) is 0 Å². The Balaban J connectivity index is 2.10. The molecule has 0 heterocycles. The number of nitrogens with zero attached hydrogens (tertiary/aromatic N) is 1. The van der Waals surface area contributed by atoms with Crippen LogP contribution in [-0.2, 0) is 9.53 Å². The summed E-state index contributed by atoms with van der Waals surface area (Å²) < 4.78 is 5.96. The molecule has 2 rings (SSSR count). The van der Waals surface area contributed by atoms with Gasteiger partial charge in [0.15, 0.2) is 0 Å². The smallest absolute Gasteiger partial charge is 0.317 e. The molecule has 1 spiro atoms. The van der Waals surface area contributed by atoms with Crippen molar-refractivity contribution in [1.29, 1.82) is 0 Å². The van der Waals surface area contributed by atoms with E-state index in [2.05, 4.69) is 18.7 Å². The lowest BCUT2D eigenvalue weighted by Crippen LogP contribution is -2.66. The first kappa shape index (κ1) is 15.8. The van der Waals surface area contributed by atoms with E-state index in [-0.39, 0.29) is 12.0 Å². The van der Waals surface area contributed by atoms with Gasteiger partial charge in [0.1, 0.15) is 0 Å². The van der Waals surface area contributed by atoms with Crippen molar-refractivity contribution in [1.82, 2.24) is 4.90 Å². The molecule has 2 aliphatic rings. The average molecular weight is 283 g/mol. The van der Waals surface area contributed by atoms with Gasteiger partial charge in [-0.2, -0.15) is 0 Å². The fourth-order valence-electron chi connectivity index (χ4n) is 4.35. The highest BCUT2D eigenvalue weighted by Crippen LogP contribution is 2.55. The summed E-state index contributed by atoms with van der Waals surface area (Å²) in [5.41, 5.74) is 0.235. The Morgan fingerprint density at radius 3 is 2.55 bits per heavy atom. The Hall–Kier alpha value is -0.610. The van der Waals surface area contributed by atoms with Gasteiger partial charge < -0.3 is 9.84 Å². The first-order valence-corrected chi connectivity index (χ1v) is 8.21. The predicted molar refractivity (Wildman–Crippen MR) is 78.8 cm³/mol. The van der Waals surface area contributed by atoms with Crippen molar-refractivity contribution < 1.29 is 14.6 Å². The molecule has 20 heavy (non-hydrogen) atoms. The Morgan fingerprint density at radius 2 is 2.00 bits per heavy atom. The van der Waals surface area contributed by atoms with Crippen molar-refractivity contribution in [3.8, 4) is 0 Å². The largest absolute Gasteiger partial charge is 0.480 e. The van der Waals surface area contributed by atoms with Gasteiger partial charge >= 0.3 is 5.97 Å². The van der Waals surface area contributed by atoms with E-state index in [9.17, 15) is 4.79 Å². The fraction of sp³-hybridized carbons (Fsp3) is 0.938. The van der Waals surface area contributed by atoms with Crippen molar-refractivity contribution in [3.05, 3.63) is 0 Å². The van der Waals surface area contributed by atoms with Gasteiger partial charge in [-0.1, -0.05) is 26.2 Å². The summed E-state index contributed by atoms with van der Waals surface area (Å²) in [5.74, 6) is -0.704. The molecule has 1 N–H and O–H groups in total. The average Bonchev–Trinajstić information content (AvgIpc) is 2.43. The highest BCUT2D eigenvalue weighted by molar-refractivity contribution is 5.69. The van der Waals surface area contributed by atoms with Crippen LogP contribution in [-0.4, -0.2) is 47.8 Å². The molecule has 4 heteroatoms. The summed E-state index contributed by atoms with van der Waals surface area (Å²) in [5, 5.41) is 9.16. The topological polar surface area (TPSA) is 49.8 Å². The zero-order chi connectivity index (χ0) is 14.6. The van der Waals surface area contributed by atoms with Gasteiger partial charge in [-0.05, 0) is 39.2 Å². The minimum absolute atomic E-state index is 0.180. The maximum atomic E-state index is 11.1. The molecule has 0 aromatic heterocycles. The van der Waals surface area contributed by atoms with Gasteiger partial charge in [-0.15, -0.1) is 0 Å². The van der Waals surface area contributed by atoms with Crippen LogP contribution in [0.2, 0.25) is 0 Å². The quantitative estimate of drug-likeness (QED) is 0.780. The second-order valence-electron chi connectivity index (χ2n) is 6.35. The van der Waals surface area contributed by atoms with Crippen molar-refractivity contribution in [2.75, 3.05) is 19.7 Å². The second-order valence-corrected chi connectivity index (χ2v) is 6.35. The number of carboxylic acids is 1. The molecule has 0 aromatic carbocycles. The standard InChI is InChI=1S/C16H29NO3/c1-3-10-17(12-15(18)19)13-11-14(20-4-2)16(13)8-6-5-7-9-16/h13-14H,3-12H2,1-2H3,(H,18,19). The predicted octanol–water partition coefficient (Wildman–Crippen LogP) is 2.91. The third kappa shape index (κ3) is 3.01. The zero-order valence-corrected chi connectivity index (χ0v) is 12.9. The Morgan fingerprint density at radius 1 is 1.30 bits per heavy atom. The molecular weight excluding hydrogens is 254 g/mol. The number of hydrogen-bond acceptors (Lipinski definition) is 3. The van der Waals surface area contributed by atoms with E-state index in [1.807, 2.05) is 0 Å². The summed E-state index contributed by atoms with van der Waals surface area (Å²) in [7, 11) is 0. The number of rotatable bonds is 7. The Bertz CT molecular complexity index is 326. The highest BCUT2D eigenvalue weighted by atomic mass is 16.5. The summed E-state index contributed by atoms with van der Waals surface area (Å²) in [4.78, 5) is 13.3. The molecule has 0 radical (unpaired) electrons. The van der Waals surface area contributed by atoms with Crippen LogP contribution in [0.3, 0.4) is 0 Å². The lowest BCUT2D eigenvalue weighted by molar-refractivity contribution is -0.185. The van der Waals surface area contributed by atoms with Gasteiger partial charge in [-0.3, -0.25) is 9.69 Å². The molecule has 2 saturated carbocycles. The number of carbonyl (C=O) groups is 1. The van der Waals surface area contributed by atoms with Crippen LogP contribution in [0.1, 0.15) is 58.8 Å². The first-order valence-electron chi connectivity index (χ1n) is 8.21. The summed E-state index contributed by atoms with van der Waals surface area (Å²) in [6.07, 6.45) is 8.66. The van der Waals surface area contributed by atoms with E-state index in [1.54, 1.807) is 0 Å². The molecule has 0 aromatic rings. The van der Waals surface area contributed by atoms with Crippen molar-refractivity contribution >= 4 is 5.97 Å². The Kier molecular flexibility index (Phi) is 5.44. The lowest BCUT2D eigenvalue weighted by Gasteiger charge is -2.60. The van der Waals surface area contributed by atoms with Crippen molar-refractivity contribution in [3.63, 3.8) is 0 Å². The number of aliphatic carboxylic acids is 1. The summed E-state index contributed by atoms with van der Waals surface area (Å²) in [6, 6.07) is 0.412. The van der Waals surface area contributed by atoms with Crippen LogP contribution in [0.25, 0.3) is 0 Å². The molecular formula is C16H29NO3. The second kappa shape index (κ2) is 6.90. The van der Waals surface area contributed by atoms with E-state index in [0.717, 1.165) is 26.0 Å². The number of carboxylic acid groups (broad SMARTS) is 1. The third-order valence-corrected chi connectivity index (χ3v) is 5.18. The van der Waals surface area contributed by atoms with Crippen LogP contribution >= 0.6 is 0 Å². The van der Waals surface area contributed by atoms with Crippen LogP contribution in [0.4, 0.5) is 0 Å². The zero-order valence-electron chi connectivity index (χ0n) is 12.9. The molecule has 2 fully saturated rings. The maximum absolute atomic E-state index is 11.1. The minimum atomic E-state index is -0.704. The highest BCUT2D eigenvalue weighted by Gasteiger charge is 2.57. The van der Waals surface area contributed by atoms with E-state index in [0.29, 0.717) is 12.1 Å². The third-order valence-electron chi connectivity index (χ3n) is 5.18. The van der Waals surface area contributed by atoms with Gasteiger partial charge in [0.25, 0.3) is 0 Å². The van der Waals surface area contributed by atoms with Crippen LogP contribution in [0.15, 0.2) is 0 Å². The van der Waals surface area contributed by atoms with E-state index in [4.69, 9.17) is 9.84 Å². The van der Waals surface area contributed by atoms with E-state index < -0.39 is 5.97 Å². The summed E-state index contributed by atoms with van der Waals surface area (Å²) >= 11 is 0. The number of hydrogen-bond donors (Lipinski definition) is 1. The van der Waals surface area contributed by atoms with Gasteiger partial charge in [0, 0.05) is 18.1 Å². The first-order chi connectivity index (χ1) is 9.64. The molecule has 2 atom stereocenters. The molecule has 0 saturated heterocycles. The lowest BCUT2D eigenvalue weighted by atomic mass is 9.54. The Labute approximate surface area is 122 Å². The van der Waals surface area contributed by atoms with Crippen molar-refractivity contribution in [2.45, 2.75) is 70.9 Å². The molecule has 4 nitrogen and oxygen atoms in total. The SMILES string of the molecule is CCCN(CC(=O)O)C1CC(OCC)C12CCCCC2. The van der Waals surface area contributed by atoms with Gasteiger partial charge in [0.05, 0.1) is 12.6 Å². The fourth-order valence-corrected chi connectivity index (χ4v) is 4.35. The molecule has 116 valence electrons. The maximum Gasteiger partial charge on any atom is 0.317 e. The molecule has 2 unspecified atom stereocenters. The van der Waals surface area contributed by atoms with Crippen molar-refractivity contribution in [2.24, 2.45) is 5.41 Å². The van der Waals surface area contributed by atoms with Crippen LogP contribution in [0, 0.1) is 5.41 Å². The van der Waals surface area contributed by atoms with Gasteiger partial charge in [-0.25, -0.2) is 0 Å². The molecule has 0 bridgehead atoms. The monoisotopic (exact) mass is 283 g/mol.